The summed E-state index contributed by atoms with van der Waals surface area (Å²) in [6, 6.07) is -1.27. The minimum Gasteiger partial charge on any atom is -0.480 e. The molecule has 7 heteroatoms. The van der Waals surface area contributed by atoms with E-state index in [-0.39, 0.29) is 23.7 Å². The van der Waals surface area contributed by atoms with E-state index in [1.807, 2.05) is 13.8 Å². The Kier molecular flexibility index (Phi) is 2.97. The van der Waals surface area contributed by atoms with Crippen molar-refractivity contribution in [2.75, 3.05) is 0 Å². The number of nitrogens with two attached hydrogens (primary N) is 1. The molecule has 2 rings (SSSR count). The first-order valence-corrected chi connectivity index (χ1v) is 5.22. The molecule has 0 bridgehead atoms. The summed E-state index contributed by atoms with van der Waals surface area (Å²) in [6.07, 6.45) is 0. The molecule has 2 heterocycles. The second-order valence-electron chi connectivity index (χ2n) is 4.12. The first kappa shape index (κ1) is 12.6. The van der Waals surface area contributed by atoms with Crippen LogP contribution in [0.1, 0.15) is 13.8 Å². The van der Waals surface area contributed by atoms with Crippen LogP contribution in [0.5, 0.6) is 0 Å². The van der Waals surface area contributed by atoms with Crippen molar-refractivity contribution in [1.29, 1.82) is 0 Å². The van der Waals surface area contributed by atoms with Crippen molar-refractivity contribution in [3.63, 3.8) is 0 Å². The average Bonchev–Trinajstić information content (AvgIpc) is 2.34. The summed E-state index contributed by atoms with van der Waals surface area (Å²) in [6.45, 7) is 3.66. The number of hydrogen-bond donors (Lipinski definition) is 2. The summed E-state index contributed by atoms with van der Waals surface area (Å²) >= 11 is 1.47. The number of halogens is 1. The van der Waals surface area contributed by atoms with Gasteiger partial charge in [0.05, 0.1) is 0 Å². The van der Waals surface area contributed by atoms with Gasteiger partial charge in [-0.1, -0.05) is 0 Å². The third kappa shape index (κ3) is 1.51. The molecule has 0 unspecified atom stereocenters. The number of carbonyl (C=O) groups is 2. The van der Waals surface area contributed by atoms with E-state index in [9.17, 15) is 9.59 Å². The van der Waals surface area contributed by atoms with E-state index >= 15 is 0 Å². The smallest absolute Gasteiger partial charge is 0.327 e. The zero-order valence-corrected chi connectivity index (χ0v) is 9.97. The zero-order chi connectivity index (χ0) is 10.7. The Morgan fingerprint density at radius 2 is 2.13 bits per heavy atom. The number of amides is 1. The second kappa shape index (κ2) is 3.54. The van der Waals surface area contributed by atoms with Crippen LogP contribution in [-0.2, 0) is 9.59 Å². The normalized spacial score (nSPS) is 36.6. The SMILES string of the molecule is CC1(C)S[C@@H]2[C@H](N)C(=O)N2[C@H]1C(=O)O.Cl. The number of carboxylic acid groups (broad SMARTS) is 1. The summed E-state index contributed by atoms with van der Waals surface area (Å²) in [4.78, 5) is 23.8. The first-order chi connectivity index (χ1) is 6.36. The van der Waals surface area contributed by atoms with Crippen molar-refractivity contribution in [1.82, 2.24) is 4.90 Å². The quantitative estimate of drug-likeness (QED) is 0.636. The van der Waals surface area contributed by atoms with Crippen molar-refractivity contribution < 1.29 is 14.7 Å². The van der Waals surface area contributed by atoms with Gasteiger partial charge < -0.3 is 15.7 Å². The van der Waals surface area contributed by atoms with Gasteiger partial charge in [-0.05, 0) is 13.8 Å². The molecule has 2 aliphatic heterocycles. The summed E-state index contributed by atoms with van der Waals surface area (Å²) in [5.74, 6) is -1.20. The lowest BCUT2D eigenvalue weighted by Gasteiger charge is -2.41. The van der Waals surface area contributed by atoms with Crippen LogP contribution in [-0.4, -0.2) is 44.1 Å². The lowest BCUT2D eigenvalue weighted by molar-refractivity contribution is -0.159. The van der Waals surface area contributed by atoms with Gasteiger partial charge in [0, 0.05) is 4.75 Å². The van der Waals surface area contributed by atoms with E-state index in [4.69, 9.17) is 10.8 Å². The number of carboxylic acids is 1. The van der Waals surface area contributed by atoms with Crippen molar-refractivity contribution >= 4 is 36.0 Å². The highest BCUT2D eigenvalue weighted by Gasteiger charge is 2.62. The standard InChI is InChI=1S/C8H12N2O3S.ClH/c1-8(2)4(7(12)13)10-5(11)3(9)6(10)14-8;/h3-4,6H,9H2,1-2H3,(H,12,13);1H/t3-,4+,6-;/m1./s1. The number of nitrogens with zero attached hydrogens (tertiary/aromatic N) is 1. The maximum Gasteiger partial charge on any atom is 0.327 e. The molecule has 2 fully saturated rings. The van der Waals surface area contributed by atoms with Crippen LogP contribution in [0, 0.1) is 0 Å². The molecule has 3 atom stereocenters. The van der Waals surface area contributed by atoms with Gasteiger partial charge in [0.1, 0.15) is 17.5 Å². The van der Waals surface area contributed by atoms with Crippen molar-refractivity contribution in [3.8, 4) is 0 Å². The maximum absolute atomic E-state index is 11.4. The van der Waals surface area contributed by atoms with Crippen LogP contribution in [0.3, 0.4) is 0 Å². The Morgan fingerprint density at radius 3 is 2.60 bits per heavy atom. The van der Waals surface area contributed by atoms with Gasteiger partial charge in [0.25, 0.3) is 0 Å². The number of aliphatic carboxylic acids is 1. The fourth-order valence-corrected chi connectivity index (χ4v) is 3.61. The summed E-state index contributed by atoms with van der Waals surface area (Å²) < 4.78 is -0.458. The molecule has 0 aromatic heterocycles. The molecule has 2 saturated heterocycles. The van der Waals surface area contributed by atoms with Crippen LogP contribution in [0.4, 0.5) is 0 Å². The van der Waals surface area contributed by atoms with Crippen molar-refractivity contribution in [3.05, 3.63) is 0 Å². The minimum absolute atomic E-state index is 0. The molecular weight excluding hydrogens is 240 g/mol. The Hall–Kier alpha value is -0.460. The molecule has 3 N–H and O–H groups in total. The highest BCUT2D eigenvalue weighted by Crippen LogP contribution is 2.50. The third-order valence-electron chi connectivity index (χ3n) is 2.72. The average molecular weight is 253 g/mol. The Balaban J connectivity index is 0.00000112. The highest BCUT2D eigenvalue weighted by molar-refractivity contribution is 8.01. The summed E-state index contributed by atoms with van der Waals surface area (Å²) in [5, 5.41) is 8.87. The molecule has 0 aromatic rings. The largest absolute Gasteiger partial charge is 0.480 e. The summed E-state index contributed by atoms with van der Waals surface area (Å²) in [7, 11) is 0. The van der Waals surface area contributed by atoms with E-state index in [1.165, 1.54) is 16.7 Å². The van der Waals surface area contributed by atoms with E-state index in [1.54, 1.807) is 0 Å². The van der Waals surface area contributed by atoms with Gasteiger partial charge >= 0.3 is 5.97 Å². The summed E-state index contributed by atoms with van der Waals surface area (Å²) in [5.41, 5.74) is 5.59. The highest BCUT2D eigenvalue weighted by atomic mass is 35.5. The van der Waals surface area contributed by atoms with Gasteiger partial charge in [-0.3, -0.25) is 4.79 Å². The van der Waals surface area contributed by atoms with E-state index in [0.29, 0.717) is 0 Å². The van der Waals surface area contributed by atoms with Crippen molar-refractivity contribution in [2.24, 2.45) is 5.73 Å². The Labute approximate surface area is 97.8 Å². The van der Waals surface area contributed by atoms with Crippen LogP contribution >= 0.6 is 24.2 Å². The minimum atomic E-state index is -0.953. The third-order valence-corrected chi connectivity index (χ3v) is 4.31. The molecule has 86 valence electrons. The molecule has 0 radical (unpaired) electrons. The Bertz CT molecular complexity index is 323. The molecule has 0 saturated carbocycles. The van der Waals surface area contributed by atoms with Crippen LogP contribution in [0.15, 0.2) is 0 Å². The van der Waals surface area contributed by atoms with Crippen LogP contribution in [0.25, 0.3) is 0 Å². The van der Waals surface area contributed by atoms with Gasteiger partial charge in [-0.25, -0.2) is 4.79 Å². The van der Waals surface area contributed by atoms with E-state index < -0.39 is 22.8 Å². The van der Waals surface area contributed by atoms with E-state index in [2.05, 4.69) is 0 Å². The number of hydrogen-bond acceptors (Lipinski definition) is 4. The molecule has 1 amide bonds. The van der Waals surface area contributed by atoms with Gasteiger partial charge in [0.15, 0.2) is 0 Å². The lowest BCUT2D eigenvalue weighted by Crippen LogP contribution is -2.68. The predicted octanol–water partition coefficient (Wildman–Crippen LogP) is -0.118. The molecule has 0 aliphatic carbocycles. The van der Waals surface area contributed by atoms with Crippen LogP contribution in [0.2, 0.25) is 0 Å². The molecular formula is C8H13ClN2O3S. The fourth-order valence-electron chi connectivity index (χ4n) is 2.04. The Morgan fingerprint density at radius 1 is 1.60 bits per heavy atom. The maximum atomic E-state index is 11.4. The number of thioether (sulfide) groups is 1. The topological polar surface area (TPSA) is 83.6 Å². The van der Waals surface area contributed by atoms with Crippen LogP contribution < -0.4 is 5.73 Å². The predicted molar refractivity (Wildman–Crippen MR) is 59.0 cm³/mol. The molecule has 0 aromatic carbocycles. The first-order valence-electron chi connectivity index (χ1n) is 4.34. The number of fused-ring (bicyclic) bond motifs is 1. The van der Waals surface area contributed by atoms with Gasteiger partial charge in [-0.15, -0.1) is 24.2 Å². The fraction of sp³-hybridized carbons (Fsp3) is 0.750. The van der Waals surface area contributed by atoms with E-state index in [0.717, 1.165) is 0 Å². The van der Waals surface area contributed by atoms with Gasteiger partial charge in [0.2, 0.25) is 5.91 Å². The second-order valence-corrected chi connectivity index (χ2v) is 5.89. The lowest BCUT2D eigenvalue weighted by atomic mass is 9.96. The molecule has 5 nitrogen and oxygen atoms in total. The van der Waals surface area contributed by atoms with Crippen molar-refractivity contribution in [2.45, 2.75) is 36.1 Å². The molecule has 2 aliphatic rings. The molecule has 15 heavy (non-hydrogen) atoms. The number of rotatable bonds is 1. The number of β-lactam (4-membered cyclic amide) rings is 1. The number of carbonyl (C=O) groups excluding carboxylic acids is 1. The zero-order valence-electron chi connectivity index (χ0n) is 8.34. The molecule has 0 spiro atoms. The monoisotopic (exact) mass is 252 g/mol. The van der Waals surface area contributed by atoms with Gasteiger partial charge in [-0.2, -0.15) is 0 Å².